The molecule has 1 N–H and O–H groups in total. The van der Waals surface area contributed by atoms with Crippen LogP contribution in [0.25, 0.3) is 0 Å². The molecule has 2 nitrogen and oxygen atoms in total. The van der Waals surface area contributed by atoms with E-state index in [1.54, 1.807) is 0 Å². The molecule has 0 amide bonds. The molecule has 2 aliphatic rings. The van der Waals surface area contributed by atoms with Gasteiger partial charge in [0, 0.05) is 12.1 Å². The maximum Gasteiger partial charge on any atom is 0.00952 e. The van der Waals surface area contributed by atoms with Crippen molar-refractivity contribution in [1.82, 2.24) is 10.2 Å². The van der Waals surface area contributed by atoms with Crippen LogP contribution < -0.4 is 5.32 Å². The summed E-state index contributed by atoms with van der Waals surface area (Å²) < 4.78 is 0. The van der Waals surface area contributed by atoms with Crippen molar-refractivity contribution in [2.75, 3.05) is 20.1 Å². The van der Waals surface area contributed by atoms with E-state index in [0.717, 1.165) is 18.0 Å². The van der Waals surface area contributed by atoms with Gasteiger partial charge in [0.05, 0.1) is 0 Å². The average Bonchev–Trinajstić information content (AvgIpc) is 2.48. The van der Waals surface area contributed by atoms with E-state index in [4.69, 9.17) is 0 Å². The summed E-state index contributed by atoms with van der Waals surface area (Å²) >= 11 is 0. The van der Waals surface area contributed by atoms with E-state index in [-0.39, 0.29) is 0 Å². The van der Waals surface area contributed by atoms with Crippen LogP contribution in [-0.4, -0.2) is 37.1 Å². The summed E-state index contributed by atoms with van der Waals surface area (Å²) in [6.45, 7) is 4.98. The van der Waals surface area contributed by atoms with E-state index in [1.165, 1.54) is 51.6 Å². The van der Waals surface area contributed by atoms with Crippen molar-refractivity contribution in [3.8, 4) is 0 Å². The standard InChI is InChI=1S/C13H26N2/c1-11-5-3-7-13(11)14-12-6-4-9-15(2)10-8-12/h11-14H,3-10H2,1-2H3. The summed E-state index contributed by atoms with van der Waals surface area (Å²) in [5.41, 5.74) is 0. The Bertz CT molecular complexity index is 193. The zero-order valence-corrected chi connectivity index (χ0v) is 10.3. The number of hydrogen-bond donors (Lipinski definition) is 1. The number of nitrogens with zero attached hydrogens (tertiary/aromatic N) is 1. The number of nitrogens with one attached hydrogen (secondary N) is 1. The summed E-state index contributed by atoms with van der Waals surface area (Å²) in [5, 5.41) is 3.90. The van der Waals surface area contributed by atoms with Gasteiger partial charge in [-0.15, -0.1) is 0 Å². The number of likely N-dealkylation sites (tertiary alicyclic amines) is 1. The highest BCUT2D eigenvalue weighted by molar-refractivity contribution is 4.84. The van der Waals surface area contributed by atoms with Crippen LogP contribution in [0, 0.1) is 5.92 Å². The van der Waals surface area contributed by atoms with Gasteiger partial charge in [-0.2, -0.15) is 0 Å². The van der Waals surface area contributed by atoms with Crippen LogP contribution in [0.5, 0.6) is 0 Å². The first-order valence-electron chi connectivity index (χ1n) is 6.70. The van der Waals surface area contributed by atoms with E-state index in [0.29, 0.717) is 0 Å². The van der Waals surface area contributed by atoms with Gasteiger partial charge in [-0.25, -0.2) is 0 Å². The second kappa shape index (κ2) is 5.31. The van der Waals surface area contributed by atoms with Gasteiger partial charge in [-0.05, 0) is 58.2 Å². The molecule has 1 heterocycles. The van der Waals surface area contributed by atoms with Gasteiger partial charge >= 0.3 is 0 Å². The van der Waals surface area contributed by atoms with Gasteiger partial charge in [0.15, 0.2) is 0 Å². The molecule has 0 aromatic rings. The third-order valence-corrected chi connectivity index (χ3v) is 4.26. The fourth-order valence-corrected chi connectivity index (χ4v) is 3.10. The summed E-state index contributed by atoms with van der Waals surface area (Å²) in [5.74, 6) is 0.908. The lowest BCUT2D eigenvalue weighted by atomic mass is 10.0. The molecule has 0 aromatic heterocycles. The summed E-state index contributed by atoms with van der Waals surface area (Å²) in [7, 11) is 2.25. The van der Waals surface area contributed by atoms with E-state index in [2.05, 4.69) is 24.2 Å². The minimum Gasteiger partial charge on any atom is -0.311 e. The van der Waals surface area contributed by atoms with Crippen molar-refractivity contribution >= 4 is 0 Å². The first-order chi connectivity index (χ1) is 7.25. The Hall–Kier alpha value is -0.0800. The Kier molecular flexibility index (Phi) is 4.04. The highest BCUT2D eigenvalue weighted by Gasteiger charge is 2.26. The van der Waals surface area contributed by atoms with Crippen LogP contribution in [0.3, 0.4) is 0 Å². The molecule has 1 aliphatic heterocycles. The maximum absolute atomic E-state index is 3.90. The molecule has 0 bridgehead atoms. The molecule has 88 valence electrons. The minimum absolute atomic E-state index is 0.792. The number of hydrogen-bond acceptors (Lipinski definition) is 2. The van der Waals surface area contributed by atoms with Gasteiger partial charge < -0.3 is 10.2 Å². The maximum atomic E-state index is 3.90. The molecule has 0 radical (unpaired) electrons. The predicted octanol–water partition coefficient (Wildman–Crippen LogP) is 2.25. The van der Waals surface area contributed by atoms with Crippen LogP contribution in [0.1, 0.15) is 45.4 Å². The summed E-state index contributed by atoms with van der Waals surface area (Å²) in [6, 6.07) is 1.61. The summed E-state index contributed by atoms with van der Waals surface area (Å²) in [6.07, 6.45) is 8.38. The Balaban J connectivity index is 1.78. The van der Waals surface area contributed by atoms with Gasteiger partial charge in [0.2, 0.25) is 0 Å². The van der Waals surface area contributed by atoms with Crippen LogP contribution in [0.15, 0.2) is 0 Å². The SMILES string of the molecule is CC1CCCC1NC1CCCN(C)CC1. The van der Waals surface area contributed by atoms with Crippen molar-refractivity contribution in [3.05, 3.63) is 0 Å². The normalized spacial score (nSPS) is 39.2. The first kappa shape index (κ1) is 11.4. The average molecular weight is 210 g/mol. The second-order valence-corrected chi connectivity index (χ2v) is 5.61. The molecule has 3 unspecified atom stereocenters. The smallest absolute Gasteiger partial charge is 0.00952 e. The Morgan fingerprint density at radius 1 is 1.00 bits per heavy atom. The van der Waals surface area contributed by atoms with Gasteiger partial charge in [-0.3, -0.25) is 0 Å². The third kappa shape index (κ3) is 3.18. The molecule has 2 fully saturated rings. The molecule has 1 aliphatic carbocycles. The largest absolute Gasteiger partial charge is 0.311 e. The van der Waals surface area contributed by atoms with Crippen LogP contribution in [0.4, 0.5) is 0 Å². The lowest BCUT2D eigenvalue weighted by Gasteiger charge is -2.24. The molecule has 1 saturated carbocycles. The molecular formula is C13H26N2. The molecule has 0 spiro atoms. The highest BCUT2D eigenvalue weighted by Crippen LogP contribution is 2.26. The molecule has 0 aromatic carbocycles. The number of rotatable bonds is 2. The highest BCUT2D eigenvalue weighted by atomic mass is 15.1. The molecule has 15 heavy (non-hydrogen) atoms. The van der Waals surface area contributed by atoms with Gasteiger partial charge in [0.25, 0.3) is 0 Å². The monoisotopic (exact) mass is 210 g/mol. The molecule has 1 saturated heterocycles. The second-order valence-electron chi connectivity index (χ2n) is 5.61. The lowest BCUT2D eigenvalue weighted by molar-refractivity contribution is 0.327. The quantitative estimate of drug-likeness (QED) is 0.752. The van der Waals surface area contributed by atoms with Crippen LogP contribution in [-0.2, 0) is 0 Å². The molecule has 2 rings (SSSR count). The van der Waals surface area contributed by atoms with Crippen molar-refractivity contribution in [1.29, 1.82) is 0 Å². The van der Waals surface area contributed by atoms with Crippen molar-refractivity contribution in [3.63, 3.8) is 0 Å². The van der Waals surface area contributed by atoms with E-state index >= 15 is 0 Å². The molecular weight excluding hydrogens is 184 g/mol. The fraction of sp³-hybridized carbons (Fsp3) is 1.00. The Morgan fingerprint density at radius 3 is 2.60 bits per heavy atom. The minimum atomic E-state index is 0.792. The molecule has 2 heteroatoms. The molecule has 3 atom stereocenters. The topological polar surface area (TPSA) is 15.3 Å². The van der Waals surface area contributed by atoms with E-state index < -0.39 is 0 Å². The van der Waals surface area contributed by atoms with Gasteiger partial charge in [-0.1, -0.05) is 13.3 Å². The van der Waals surface area contributed by atoms with Crippen LogP contribution in [0.2, 0.25) is 0 Å². The van der Waals surface area contributed by atoms with Crippen LogP contribution >= 0.6 is 0 Å². The van der Waals surface area contributed by atoms with Crippen molar-refractivity contribution in [2.45, 2.75) is 57.5 Å². The van der Waals surface area contributed by atoms with E-state index in [1.807, 2.05) is 0 Å². The fourth-order valence-electron chi connectivity index (χ4n) is 3.10. The third-order valence-electron chi connectivity index (χ3n) is 4.26. The van der Waals surface area contributed by atoms with Crippen molar-refractivity contribution < 1.29 is 0 Å². The lowest BCUT2D eigenvalue weighted by Crippen LogP contribution is -2.40. The summed E-state index contributed by atoms with van der Waals surface area (Å²) in [4.78, 5) is 2.47. The Labute approximate surface area is 94.4 Å². The Morgan fingerprint density at radius 2 is 1.87 bits per heavy atom. The zero-order valence-electron chi connectivity index (χ0n) is 10.3. The van der Waals surface area contributed by atoms with E-state index in [9.17, 15) is 0 Å². The predicted molar refractivity (Wildman–Crippen MR) is 65.1 cm³/mol. The van der Waals surface area contributed by atoms with Gasteiger partial charge in [0.1, 0.15) is 0 Å². The first-order valence-corrected chi connectivity index (χ1v) is 6.70. The zero-order chi connectivity index (χ0) is 10.7. The van der Waals surface area contributed by atoms with Crippen molar-refractivity contribution in [2.24, 2.45) is 5.92 Å².